The van der Waals surface area contributed by atoms with Crippen LogP contribution in [0.2, 0.25) is 0 Å². The van der Waals surface area contributed by atoms with E-state index in [9.17, 15) is 9.18 Å². The van der Waals surface area contributed by atoms with E-state index in [0.717, 1.165) is 31.7 Å². The van der Waals surface area contributed by atoms with E-state index in [0.29, 0.717) is 13.1 Å². The largest absolute Gasteiger partial charge is 0.336 e. The maximum absolute atomic E-state index is 13.8. The summed E-state index contributed by atoms with van der Waals surface area (Å²) in [5.41, 5.74) is 1.10. The van der Waals surface area contributed by atoms with E-state index >= 15 is 0 Å². The highest BCUT2D eigenvalue weighted by atomic mass is 19.1. The van der Waals surface area contributed by atoms with Gasteiger partial charge in [-0.3, -0.25) is 9.69 Å². The van der Waals surface area contributed by atoms with Crippen molar-refractivity contribution in [2.45, 2.75) is 6.92 Å². The number of halogens is 1. The summed E-state index contributed by atoms with van der Waals surface area (Å²) in [7, 11) is 4.11. The molecule has 0 atom stereocenters. The van der Waals surface area contributed by atoms with Gasteiger partial charge >= 0.3 is 0 Å². The van der Waals surface area contributed by atoms with Crippen molar-refractivity contribution >= 4 is 5.91 Å². The molecule has 0 aliphatic carbocycles. The Bertz CT molecular complexity index is 496. The summed E-state index contributed by atoms with van der Waals surface area (Å²) in [6, 6.07) is 4.69. The molecular formula is C16H24FN3O. The van der Waals surface area contributed by atoms with Crippen LogP contribution in [0, 0.1) is 12.7 Å². The third kappa shape index (κ3) is 4.25. The minimum atomic E-state index is -0.430. The first kappa shape index (κ1) is 15.9. The second-order valence-electron chi connectivity index (χ2n) is 5.92. The predicted molar refractivity (Wildman–Crippen MR) is 82.0 cm³/mol. The van der Waals surface area contributed by atoms with Crippen LogP contribution in [0.5, 0.6) is 0 Å². The molecule has 0 unspecified atom stereocenters. The number of aryl methyl sites for hydroxylation is 1. The van der Waals surface area contributed by atoms with Gasteiger partial charge < -0.3 is 9.80 Å². The lowest BCUT2D eigenvalue weighted by Crippen LogP contribution is -2.50. The molecule has 4 nitrogen and oxygen atoms in total. The minimum absolute atomic E-state index is 0.191. The smallest absolute Gasteiger partial charge is 0.256 e. The molecule has 0 spiro atoms. The lowest BCUT2D eigenvalue weighted by atomic mass is 10.1. The molecule has 1 fully saturated rings. The van der Waals surface area contributed by atoms with Crippen LogP contribution >= 0.6 is 0 Å². The van der Waals surface area contributed by atoms with Gasteiger partial charge in [0.25, 0.3) is 5.91 Å². The van der Waals surface area contributed by atoms with E-state index in [1.54, 1.807) is 17.0 Å². The Hall–Kier alpha value is -1.46. The number of nitrogens with zero attached hydrogens (tertiary/aromatic N) is 3. The highest BCUT2D eigenvalue weighted by molar-refractivity contribution is 5.94. The standard InChI is InChI=1S/C16H24FN3O/c1-13-4-5-15(17)14(12-13)16(21)20-10-8-19(9-11-20)7-6-18(2)3/h4-5,12H,6-11H2,1-3H3. The summed E-state index contributed by atoms with van der Waals surface area (Å²) in [4.78, 5) is 18.7. The fourth-order valence-corrected chi connectivity index (χ4v) is 2.49. The Balaban J connectivity index is 1.92. The number of carbonyl (C=O) groups excluding carboxylic acids is 1. The van der Waals surface area contributed by atoms with Crippen LogP contribution in [0.25, 0.3) is 0 Å². The Labute approximate surface area is 126 Å². The summed E-state index contributed by atoms with van der Waals surface area (Å²) in [6.45, 7) is 6.93. The second-order valence-corrected chi connectivity index (χ2v) is 5.92. The van der Waals surface area contributed by atoms with E-state index in [1.807, 2.05) is 6.92 Å². The summed E-state index contributed by atoms with van der Waals surface area (Å²) < 4.78 is 13.8. The van der Waals surface area contributed by atoms with Crippen molar-refractivity contribution in [2.24, 2.45) is 0 Å². The Morgan fingerprint density at radius 1 is 1.24 bits per heavy atom. The van der Waals surface area contributed by atoms with Crippen molar-refractivity contribution in [1.82, 2.24) is 14.7 Å². The zero-order valence-corrected chi connectivity index (χ0v) is 13.1. The number of benzene rings is 1. The quantitative estimate of drug-likeness (QED) is 0.841. The summed E-state index contributed by atoms with van der Waals surface area (Å²) >= 11 is 0. The molecule has 0 saturated carbocycles. The van der Waals surface area contributed by atoms with Gasteiger partial charge in [0, 0.05) is 39.3 Å². The molecule has 0 radical (unpaired) electrons. The van der Waals surface area contributed by atoms with Crippen LogP contribution in [0.15, 0.2) is 18.2 Å². The zero-order valence-electron chi connectivity index (χ0n) is 13.1. The third-order valence-electron chi connectivity index (χ3n) is 3.88. The highest BCUT2D eigenvalue weighted by Gasteiger charge is 2.23. The van der Waals surface area contributed by atoms with Crippen LogP contribution in [0.3, 0.4) is 0 Å². The molecule has 1 amide bonds. The molecule has 2 rings (SSSR count). The van der Waals surface area contributed by atoms with Crippen molar-refractivity contribution < 1.29 is 9.18 Å². The molecule has 5 heteroatoms. The third-order valence-corrected chi connectivity index (χ3v) is 3.88. The van der Waals surface area contributed by atoms with Gasteiger partial charge in [-0.25, -0.2) is 4.39 Å². The van der Waals surface area contributed by atoms with Crippen molar-refractivity contribution in [3.05, 3.63) is 35.1 Å². The molecule has 1 aromatic carbocycles. The van der Waals surface area contributed by atoms with Gasteiger partial charge in [-0.05, 0) is 33.2 Å². The molecule has 1 aliphatic rings. The summed E-state index contributed by atoms with van der Waals surface area (Å²) in [5.74, 6) is -0.621. The second kappa shape index (κ2) is 7.00. The molecule has 1 heterocycles. The molecular weight excluding hydrogens is 269 g/mol. The monoisotopic (exact) mass is 293 g/mol. The number of likely N-dealkylation sites (N-methyl/N-ethyl adjacent to an activating group) is 1. The van der Waals surface area contributed by atoms with Gasteiger partial charge in [0.05, 0.1) is 5.56 Å². The van der Waals surface area contributed by atoms with Crippen LogP contribution in [-0.4, -0.2) is 74.0 Å². The number of hydrogen-bond acceptors (Lipinski definition) is 3. The fraction of sp³-hybridized carbons (Fsp3) is 0.562. The van der Waals surface area contributed by atoms with Gasteiger partial charge in [0.2, 0.25) is 0 Å². The van der Waals surface area contributed by atoms with Crippen molar-refractivity contribution in [1.29, 1.82) is 0 Å². The van der Waals surface area contributed by atoms with E-state index in [2.05, 4.69) is 23.9 Å². The number of amides is 1. The molecule has 1 aromatic rings. The Kier molecular flexibility index (Phi) is 5.31. The first-order valence-corrected chi connectivity index (χ1v) is 7.40. The van der Waals surface area contributed by atoms with Crippen molar-refractivity contribution in [2.75, 3.05) is 53.4 Å². The van der Waals surface area contributed by atoms with Gasteiger partial charge in [-0.2, -0.15) is 0 Å². The average molecular weight is 293 g/mol. The number of piperazine rings is 1. The minimum Gasteiger partial charge on any atom is -0.336 e. The van der Waals surface area contributed by atoms with Crippen LogP contribution < -0.4 is 0 Å². The lowest BCUT2D eigenvalue weighted by molar-refractivity contribution is 0.0625. The molecule has 0 N–H and O–H groups in total. The van der Waals surface area contributed by atoms with E-state index in [-0.39, 0.29) is 11.5 Å². The van der Waals surface area contributed by atoms with Crippen molar-refractivity contribution in [3.63, 3.8) is 0 Å². The highest BCUT2D eigenvalue weighted by Crippen LogP contribution is 2.14. The Morgan fingerprint density at radius 2 is 1.90 bits per heavy atom. The molecule has 21 heavy (non-hydrogen) atoms. The maximum Gasteiger partial charge on any atom is 0.256 e. The number of hydrogen-bond donors (Lipinski definition) is 0. The lowest BCUT2D eigenvalue weighted by Gasteiger charge is -2.35. The molecule has 116 valence electrons. The summed E-state index contributed by atoms with van der Waals surface area (Å²) in [6.07, 6.45) is 0. The van der Waals surface area contributed by atoms with Gasteiger partial charge in [0.1, 0.15) is 5.82 Å². The van der Waals surface area contributed by atoms with Crippen molar-refractivity contribution in [3.8, 4) is 0 Å². The molecule has 1 aliphatic heterocycles. The first-order valence-electron chi connectivity index (χ1n) is 7.40. The predicted octanol–water partition coefficient (Wildman–Crippen LogP) is 1.45. The Morgan fingerprint density at radius 3 is 2.52 bits per heavy atom. The normalized spacial score (nSPS) is 16.5. The first-order chi connectivity index (χ1) is 9.97. The molecule has 1 saturated heterocycles. The van der Waals surface area contributed by atoms with E-state index < -0.39 is 5.82 Å². The molecule has 0 aromatic heterocycles. The zero-order chi connectivity index (χ0) is 15.4. The fourth-order valence-electron chi connectivity index (χ4n) is 2.49. The molecule has 0 bridgehead atoms. The topological polar surface area (TPSA) is 26.8 Å². The van der Waals surface area contributed by atoms with Crippen LogP contribution in [0.4, 0.5) is 4.39 Å². The summed E-state index contributed by atoms with van der Waals surface area (Å²) in [5, 5.41) is 0. The van der Waals surface area contributed by atoms with Gasteiger partial charge in [-0.15, -0.1) is 0 Å². The van der Waals surface area contributed by atoms with Crippen LogP contribution in [0.1, 0.15) is 15.9 Å². The van der Waals surface area contributed by atoms with Crippen LogP contribution in [-0.2, 0) is 0 Å². The van der Waals surface area contributed by atoms with Gasteiger partial charge in [-0.1, -0.05) is 11.6 Å². The number of carbonyl (C=O) groups is 1. The SMILES string of the molecule is Cc1ccc(F)c(C(=O)N2CCN(CCN(C)C)CC2)c1. The average Bonchev–Trinajstić information content (AvgIpc) is 2.47. The van der Waals surface area contributed by atoms with E-state index in [4.69, 9.17) is 0 Å². The number of rotatable bonds is 4. The van der Waals surface area contributed by atoms with Gasteiger partial charge in [0.15, 0.2) is 0 Å². The maximum atomic E-state index is 13.8. The van der Waals surface area contributed by atoms with E-state index in [1.165, 1.54) is 6.07 Å².